The monoisotopic (exact) mass is 506 g/mol. The van der Waals surface area contributed by atoms with Crippen LogP contribution in [0.2, 0.25) is 0 Å². The molecular formula is C32H58O4. The Kier molecular flexibility index (Phi) is 19.4. The van der Waals surface area contributed by atoms with Gasteiger partial charge in [-0.15, -0.1) is 0 Å². The van der Waals surface area contributed by atoms with Crippen LogP contribution in [0, 0.1) is 0 Å². The van der Waals surface area contributed by atoms with E-state index in [2.05, 4.69) is 27.7 Å². The first-order valence-corrected chi connectivity index (χ1v) is 15.5. The van der Waals surface area contributed by atoms with E-state index in [1.165, 1.54) is 64.2 Å². The Morgan fingerprint density at radius 3 is 1.28 bits per heavy atom. The SMILES string of the molecule is CCCCCCCOc1c(O)c(O)c(CCCCCC)c(CCCCCC)c1OCCCCCCC. The van der Waals surface area contributed by atoms with Crippen molar-refractivity contribution in [2.45, 2.75) is 156 Å². The van der Waals surface area contributed by atoms with Crippen LogP contribution < -0.4 is 9.47 Å². The largest absolute Gasteiger partial charge is 0.504 e. The number of ether oxygens (including phenoxy) is 2. The summed E-state index contributed by atoms with van der Waals surface area (Å²) in [5.74, 6) is 0.927. The third-order valence-corrected chi connectivity index (χ3v) is 7.12. The van der Waals surface area contributed by atoms with E-state index < -0.39 is 0 Å². The maximum absolute atomic E-state index is 11.1. The van der Waals surface area contributed by atoms with Gasteiger partial charge >= 0.3 is 0 Å². The maximum Gasteiger partial charge on any atom is 0.207 e. The van der Waals surface area contributed by atoms with E-state index in [1.54, 1.807) is 0 Å². The Labute approximate surface area is 223 Å². The van der Waals surface area contributed by atoms with Crippen LogP contribution >= 0.6 is 0 Å². The average Bonchev–Trinajstić information content (AvgIpc) is 2.88. The lowest BCUT2D eigenvalue weighted by molar-refractivity contribution is 0.242. The molecule has 2 N–H and O–H groups in total. The number of hydrogen-bond acceptors (Lipinski definition) is 4. The Balaban J connectivity index is 3.17. The molecule has 0 aliphatic carbocycles. The molecular weight excluding hydrogens is 448 g/mol. The standard InChI is InChI=1S/C32H58O4/c1-5-9-13-17-21-25-35-31-28(24-20-16-12-8-4)27(23-19-15-11-7-3)29(33)30(34)32(31)36-26-22-18-14-10-6-2/h33-34H,5-26H2,1-4H3. The van der Waals surface area contributed by atoms with E-state index in [1.807, 2.05) is 0 Å². The van der Waals surface area contributed by atoms with Gasteiger partial charge in [0.2, 0.25) is 11.5 Å². The summed E-state index contributed by atoms with van der Waals surface area (Å²) in [5, 5.41) is 22.2. The normalized spacial score (nSPS) is 11.2. The minimum absolute atomic E-state index is 0.00766. The molecule has 0 bridgehead atoms. The van der Waals surface area contributed by atoms with Crippen molar-refractivity contribution in [1.82, 2.24) is 0 Å². The topological polar surface area (TPSA) is 58.9 Å². The van der Waals surface area contributed by atoms with Crippen LogP contribution in [0.15, 0.2) is 0 Å². The van der Waals surface area contributed by atoms with Gasteiger partial charge in [0.05, 0.1) is 13.2 Å². The van der Waals surface area contributed by atoms with Crippen molar-refractivity contribution in [3.05, 3.63) is 11.1 Å². The van der Waals surface area contributed by atoms with Crippen LogP contribution in [-0.4, -0.2) is 23.4 Å². The fraction of sp³-hybridized carbons (Fsp3) is 0.812. The second kappa shape index (κ2) is 21.5. The molecule has 0 saturated carbocycles. The number of benzene rings is 1. The van der Waals surface area contributed by atoms with Crippen molar-refractivity contribution in [3.8, 4) is 23.0 Å². The van der Waals surface area contributed by atoms with Gasteiger partial charge in [-0.3, -0.25) is 0 Å². The molecule has 210 valence electrons. The number of aromatic hydroxyl groups is 2. The van der Waals surface area contributed by atoms with Gasteiger partial charge in [-0.05, 0) is 38.5 Å². The van der Waals surface area contributed by atoms with Crippen molar-refractivity contribution in [2.75, 3.05) is 13.2 Å². The van der Waals surface area contributed by atoms with Crippen LogP contribution in [-0.2, 0) is 12.8 Å². The lowest BCUT2D eigenvalue weighted by Crippen LogP contribution is -2.09. The smallest absolute Gasteiger partial charge is 0.207 e. The molecule has 0 fully saturated rings. The molecule has 4 nitrogen and oxygen atoms in total. The quantitative estimate of drug-likeness (QED) is 0.108. The first-order valence-electron chi connectivity index (χ1n) is 15.5. The molecule has 0 spiro atoms. The first-order chi connectivity index (χ1) is 17.6. The highest BCUT2D eigenvalue weighted by Crippen LogP contribution is 2.50. The average molecular weight is 507 g/mol. The van der Waals surface area contributed by atoms with Crippen LogP contribution in [0.25, 0.3) is 0 Å². The van der Waals surface area contributed by atoms with Gasteiger partial charge in [0.25, 0.3) is 0 Å². The summed E-state index contributed by atoms with van der Waals surface area (Å²) in [7, 11) is 0. The zero-order chi connectivity index (χ0) is 26.4. The molecule has 1 rings (SSSR count). The molecule has 0 aliphatic rings. The minimum Gasteiger partial charge on any atom is -0.504 e. The first kappa shape index (κ1) is 32.4. The van der Waals surface area contributed by atoms with E-state index in [-0.39, 0.29) is 11.5 Å². The Bertz CT molecular complexity index is 671. The molecule has 4 heteroatoms. The Morgan fingerprint density at radius 2 is 0.806 bits per heavy atom. The Hall–Kier alpha value is -1.58. The predicted octanol–water partition coefficient (Wildman–Crippen LogP) is 10.0. The van der Waals surface area contributed by atoms with E-state index >= 15 is 0 Å². The third-order valence-electron chi connectivity index (χ3n) is 7.12. The third kappa shape index (κ3) is 12.6. The van der Waals surface area contributed by atoms with Crippen LogP contribution in [0.5, 0.6) is 23.0 Å². The lowest BCUT2D eigenvalue weighted by atomic mass is 9.93. The summed E-state index contributed by atoms with van der Waals surface area (Å²) >= 11 is 0. The summed E-state index contributed by atoms with van der Waals surface area (Å²) in [6.07, 6.45) is 22.4. The van der Waals surface area contributed by atoms with Crippen molar-refractivity contribution >= 4 is 0 Å². The van der Waals surface area contributed by atoms with Crippen molar-refractivity contribution in [2.24, 2.45) is 0 Å². The molecule has 0 radical (unpaired) electrons. The summed E-state index contributed by atoms with van der Waals surface area (Å²) in [6, 6.07) is 0. The molecule has 0 heterocycles. The zero-order valence-corrected chi connectivity index (χ0v) is 24.3. The number of rotatable bonds is 24. The molecule has 36 heavy (non-hydrogen) atoms. The lowest BCUT2D eigenvalue weighted by Gasteiger charge is -2.22. The van der Waals surface area contributed by atoms with E-state index in [4.69, 9.17) is 9.47 Å². The molecule has 0 aliphatic heterocycles. The fourth-order valence-corrected chi connectivity index (χ4v) is 4.81. The molecule has 1 aromatic carbocycles. The van der Waals surface area contributed by atoms with Gasteiger partial charge in [-0.2, -0.15) is 0 Å². The van der Waals surface area contributed by atoms with E-state index in [0.29, 0.717) is 24.7 Å². The zero-order valence-electron chi connectivity index (χ0n) is 24.3. The van der Waals surface area contributed by atoms with Crippen molar-refractivity contribution in [1.29, 1.82) is 0 Å². The van der Waals surface area contributed by atoms with Crippen LogP contribution in [0.4, 0.5) is 0 Å². The van der Waals surface area contributed by atoms with Crippen LogP contribution in [0.3, 0.4) is 0 Å². The van der Waals surface area contributed by atoms with Gasteiger partial charge in [-0.1, -0.05) is 118 Å². The van der Waals surface area contributed by atoms with Crippen LogP contribution in [0.1, 0.15) is 154 Å². The number of phenolic OH excluding ortho intramolecular Hbond substituents is 2. The van der Waals surface area contributed by atoms with Gasteiger partial charge in [-0.25, -0.2) is 0 Å². The highest BCUT2D eigenvalue weighted by molar-refractivity contribution is 5.66. The maximum atomic E-state index is 11.1. The highest BCUT2D eigenvalue weighted by atomic mass is 16.5. The molecule has 0 amide bonds. The Morgan fingerprint density at radius 1 is 0.417 bits per heavy atom. The summed E-state index contributed by atoms with van der Waals surface area (Å²) in [5.41, 5.74) is 1.93. The van der Waals surface area contributed by atoms with Gasteiger partial charge in [0.15, 0.2) is 11.5 Å². The van der Waals surface area contributed by atoms with Crippen molar-refractivity contribution < 1.29 is 19.7 Å². The summed E-state index contributed by atoms with van der Waals surface area (Å²) < 4.78 is 12.6. The minimum atomic E-state index is -0.132. The summed E-state index contributed by atoms with van der Waals surface area (Å²) in [6.45, 7) is 10.0. The van der Waals surface area contributed by atoms with Crippen molar-refractivity contribution in [3.63, 3.8) is 0 Å². The molecule has 0 saturated heterocycles. The van der Waals surface area contributed by atoms with Gasteiger partial charge in [0.1, 0.15) is 0 Å². The second-order valence-electron chi connectivity index (χ2n) is 10.5. The molecule has 0 aromatic heterocycles. The summed E-state index contributed by atoms with van der Waals surface area (Å²) in [4.78, 5) is 0. The van der Waals surface area contributed by atoms with E-state index in [9.17, 15) is 10.2 Å². The van der Waals surface area contributed by atoms with Gasteiger partial charge < -0.3 is 19.7 Å². The number of unbranched alkanes of at least 4 members (excludes halogenated alkanes) is 14. The number of phenols is 2. The molecule has 0 atom stereocenters. The molecule has 1 aromatic rings. The molecule has 0 unspecified atom stereocenters. The van der Waals surface area contributed by atoms with Gasteiger partial charge in [0, 0.05) is 11.1 Å². The fourth-order valence-electron chi connectivity index (χ4n) is 4.81. The predicted molar refractivity (Wildman–Crippen MR) is 154 cm³/mol. The van der Waals surface area contributed by atoms with E-state index in [0.717, 1.165) is 75.3 Å². The highest BCUT2D eigenvalue weighted by Gasteiger charge is 2.26. The second-order valence-corrected chi connectivity index (χ2v) is 10.5. The number of hydrogen-bond donors (Lipinski definition) is 2.